The van der Waals surface area contributed by atoms with Gasteiger partial charge in [-0.2, -0.15) is 0 Å². The van der Waals surface area contributed by atoms with Crippen molar-refractivity contribution in [3.63, 3.8) is 0 Å². The molecule has 4 nitrogen and oxygen atoms in total. The van der Waals surface area contributed by atoms with Gasteiger partial charge >= 0.3 is 0 Å². The minimum absolute atomic E-state index is 0.119. The number of nitrogens with zero attached hydrogens (tertiary/aromatic N) is 1. The molecule has 19 heavy (non-hydrogen) atoms. The maximum Gasteiger partial charge on any atom is 0.292 e. The highest BCUT2D eigenvalue weighted by molar-refractivity contribution is 7.98. The van der Waals surface area contributed by atoms with E-state index in [2.05, 4.69) is 0 Å². The zero-order valence-electron chi connectivity index (χ0n) is 9.88. The van der Waals surface area contributed by atoms with Crippen LogP contribution in [-0.4, -0.2) is 4.92 Å². The number of hydrogen-bond donors (Lipinski definition) is 1. The van der Waals surface area contributed by atoms with E-state index in [0.717, 1.165) is 5.56 Å². The van der Waals surface area contributed by atoms with Crippen LogP contribution in [0.5, 0.6) is 0 Å². The molecule has 98 valence electrons. The van der Waals surface area contributed by atoms with Gasteiger partial charge in [-0.1, -0.05) is 18.2 Å². The smallest absolute Gasteiger partial charge is 0.292 e. The maximum atomic E-state index is 13.4. The molecule has 0 aliphatic carbocycles. The van der Waals surface area contributed by atoms with Crippen molar-refractivity contribution in [3.05, 3.63) is 64.0 Å². The number of nitrogen functional groups attached to an aromatic ring is 1. The zero-order chi connectivity index (χ0) is 13.8. The van der Waals surface area contributed by atoms with Gasteiger partial charge in [0.25, 0.3) is 5.69 Å². The molecule has 2 aromatic carbocycles. The Morgan fingerprint density at radius 1 is 1.26 bits per heavy atom. The number of halogens is 1. The van der Waals surface area contributed by atoms with Crippen molar-refractivity contribution >= 4 is 23.1 Å². The highest BCUT2D eigenvalue weighted by Gasteiger charge is 2.12. The third-order valence-electron chi connectivity index (χ3n) is 2.52. The SMILES string of the molecule is Nc1ccc(CSc2ccccc2F)cc1[N+](=O)[O-]. The Hall–Kier alpha value is -2.08. The Bertz CT molecular complexity index is 619. The molecule has 0 fully saturated rings. The van der Waals surface area contributed by atoms with Crippen LogP contribution in [0.2, 0.25) is 0 Å². The number of rotatable bonds is 4. The van der Waals surface area contributed by atoms with E-state index in [0.29, 0.717) is 10.6 Å². The lowest BCUT2D eigenvalue weighted by Gasteiger charge is -2.04. The van der Waals surface area contributed by atoms with Crippen LogP contribution in [0.25, 0.3) is 0 Å². The Labute approximate surface area is 113 Å². The topological polar surface area (TPSA) is 69.2 Å². The fourth-order valence-electron chi connectivity index (χ4n) is 1.56. The first-order chi connectivity index (χ1) is 9.08. The Morgan fingerprint density at radius 3 is 2.68 bits per heavy atom. The minimum atomic E-state index is -0.521. The van der Waals surface area contributed by atoms with Crippen molar-refractivity contribution < 1.29 is 9.31 Å². The molecule has 6 heteroatoms. The highest BCUT2D eigenvalue weighted by atomic mass is 32.2. The lowest BCUT2D eigenvalue weighted by molar-refractivity contribution is -0.383. The van der Waals surface area contributed by atoms with Gasteiger partial charge in [0.1, 0.15) is 11.5 Å². The molecular formula is C13H11FN2O2S. The first-order valence-corrected chi connectivity index (χ1v) is 6.46. The van der Waals surface area contributed by atoms with E-state index >= 15 is 0 Å². The summed E-state index contributed by atoms with van der Waals surface area (Å²) >= 11 is 1.29. The van der Waals surface area contributed by atoms with Crippen LogP contribution >= 0.6 is 11.8 Å². The molecule has 0 aliphatic heterocycles. The van der Waals surface area contributed by atoms with Crippen LogP contribution in [-0.2, 0) is 5.75 Å². The Balaban J connectivity index is 2.14. The monoisotopic (exact) mass is 278 g/mol. The van der Waals surface area contributed by atoms with Crippen molar-refractivity contribution in [2.24, 2.45) is 0 Å². The molecule has 0 bridgehead atoms. The normalized spacial score (nSPS) is 10.4. The van der Waals surface area contributed by atoms with E-state index < -0.39 is 4.92 Å². The third kappa shape index (κ3) is 3.23. The van der Waals surface area contributed by atoms with E-state index in [1.807, 2.05) is 0 Å². The second-order valence-corrected chi connectivity index (χ2v) is 4.89. The van der Waals surface area contributed by atoms with Gasteiger partial charge in [0, 0.05) is 16.7 Å². The second-order valence-electron chi connectivity index (χ2n) is 3.87. The molecule has 0 saturated carbocycles. The zero-order valence-corrected chi connectivity index (χ0v) is 10.7. The van der Waals surface area contributed by atoms with Crippen LogP contribution in [0.1, 0.15) is 5.56 Å². The number of benzene rings is 2. The van der Waals surface area contributed by atoms with Crippen LogP contribution in [0.4, 0.5) is 15.8 Å². The molecule has 0 saturated heterocycles. The summed E-state index contributed by atoms with van der Waals surface area (Å²) in [5.74, 6) is 0.152. The van der Waals surface area contributed by atoms with E-state index in [1.54, 1.807) is 24.3 Å². The van der Waals surface area contributed by atoms with E-state index in [1.165, 1.54) is 30.0 Å². The van der Waals surface area contributed by atoms with Crippen molar-refractivity contribution in [1.82, 2.24) is 0 Å². The van der Waals surface area contributed by atoms with Crippen molar-refractivity contribution in [2.45, 2.75) is 10.6 Å². The molecule has 0 radical (unpaired) electrons. The lowest BCUT2D eigenvalue weighted by Crippen LogP contribution is -1.96. The van der Waals surface area contributed by atoms with Gasteiger partial charge in [-0.25, -0.2) is 4.39 Å². The molecule has 2 N–H and O–H groups in total. The Morgan fingerprint density at radius 2 is 2.00 bits per heavy atom. The molecule has 0 amide bonds. The number of hydrogen-bond acceptors (Lipinski definition) is 4. The van der Waals surface area contributed by atoms with Crippen molar-refractivity contribution in [2.75, 3.05) is 5.73 Å². The summed E-state index contributed by atoms with van der Waals surface area (Å²) in [5.41, 5.74) is 6.25. The van der Waals surface area contributed by atoms with Crippen LogP contribution in [0.15, 0.2) is 47.4 Å². The average Bonchev–Trinajstić information content (AvgIpc) is 2.39. The van der Waals surface area contributed by atoms with Crippen LogP contribution in [0, 0.1) is 15.9 Å². The molecule has 0 heterocycles. The summed E-state index contributed by atoms with van der Waals surface area (Å²) in [6.07, 6.45) is 0. The highest BCUT2D eigenvalue weighted by Crippen LogP contribution is 2.28. The summed E-state index contributed by atoms with van der Waals surface area (Å²) in [5, 5.41) is 10.8. The van der Waals surface area contributed by atoms with Gasteiger partial charge in [-0.15, -0.1) is 11.8 Å². The third-order valence-corrected chi connectivity index (χ3v) is 3.64. The quantitative estimate of drug-likeness (QED) is 0.401. The van der Waals surface area contributed by atoms with Gasteiger partial charge < -0.3 is 5.73 Å². The molecule has 0 spiro atoms. The van der Waals surface area contributed by atoms with Gasteiger partial charge in [0.15, 0.2) is 0 Å². The molecule has 0 aliphatic rings. The average molecular weight is 278 g/mol. The van der Waals surface area contributed by atoms with E-state index in [-0.39, 0.29) is 17.2 Å². The predicted molar refractivity (Wildman–Crippen MR) is 73.5 cm³/mol. The summed E-state index contributed by atoms with van der Waals surface area (Å²) in [6.45, 7) is 0. The fraction of sp³-hybridized carbons (Fsp3) is 0.0769. The standard InChI is InChI=1S/C13H11FN2O2S/c14-10-3-1-2-4-13(10)19-8-9-5-6-11(15)12(7-9)16(17)18/h1-7H,8,15H2. The second kappa shape index (κ2) is 5.71. The maximum absolute atomic E-state index is 13.4. The summed E-state index contributed by atoms with van der Waals surface area (Å²) in [4.78, 5) is 10.8. The largest absolute Gasteiger partial charge is 0.393 e. The molecule has 2 rings (SSSR count). The van der Waals surface area contributed by atoms with Gasteiger partial charge in [-0.3, -0.25) is 10.1 Å². The van der Waals surface area contributed by atoms with Gasteiger partial charge in [0.05, 0.1) is 4.92 Å². The first kappa shape index (κ1) is 13.4. The van der Waals surface area contributed by atoms with Crippen molar-refractivity contribution in [1.29, 1.82) is 0 Å². The molecule has 0 unspecified atom stereocenters. The molecule has 0 atom stereocenters. The summed E-state index contributed by atoms with van der Waals surface area (Å²) in [7, 11) is 0. The van der Waals surface area contributed by atoms with Crippen LogP contribution in [0.3, 0.4) is 0 Å². The number of thioether (sulfide) groups is 1. The number of nitro benzene ring substituents is 1. The number of nitrogens with two attached hydrogens (primary N) is 1. The predicted octanol–water partition coefficient (Wildman–Crippen LogP) is 3.61. The van der Waals surface area contributed by atoms with Crippen molar-refractivity contribution in [3.8, 4) is 0 Å². The van der Waals surface area contributed by atoms with E-state index in [9.17, 15) is 14.5 Å². The molecular weight excluding hydrogens is 267 g/mol. The molecule has 0 aromatic heterocycles. The number of nitro groups is 1. The number of anilines is 1. The van der Waals surface area contributed by atoms with Gasteiger partial charge in [-0.05, 0) is 23.8 Å². The first-order valence-electron chi connectivity index (χ1n) is 5.48. The Kier molecular flexibility index (Phi) is 4.01. The van der Waals surface area contributed by atoms with E-state index in [4.69, 9.17) is 5.73 Å². The van der Waals surface area contributed by atoms with Gasteiger partial charge in [0.2, 0.25) is 0 Å². The minimum Gasteiger partial charge on any atom is -0.393 e. The fourth-order valence-corrected chi connectivity index (χ4v) is 2.44. The molecule has 2 aromatic rings. The summed E-state index contributed by atoms with van der Waals surface area (Å²) in [6, 6.07) is 11.0. The van der Waals surface area contributed by atoms with Crippen LogP contribution < -0.4 is 5.73 Å². The summed E-state index contributed by atoms with van der Waals surface area (Å²) < 4.78 is 13.4. The lowest BCUT2D eigenvalue weighted by atomic mass is 10.2.